The smallest absolute Gasteiger partial charge is 0.268 e. The first kappa shape index (κ1) is 16.0. The van der Waals surface area contributed by atoms with E-state index in [-0.39, 0.29) is 16.5 Å². The van der Waals surface area contributed by atoms with Crippen molar-refractivity contribution in [2.45, 2.75) is 46.1 Å². The molecule has 0 saturated heterocycles. The van der Waals surface area contributed by atoms with Gasteiger partial charge in [-0.15, -0.1) is 0 Å². The molecule has 0 aliphatic heterocycles. The van der Waals surface area contributed by atoms with E-state index in [9.17, 15) is 4.79 Å². The molecule has 0 radical (unpaired) electrons. The minimum Gasteiger partial charge on any atom is -0.307 e. The molecule has 1 heterocycles. The van der Waals surface area contributed by atoms with Crippen LogP contribution in [0.25, 0.3) is 11.3 Å². The molecule has 2 aromatic rings. The predicted octanol–water partition coefficient (Wildman–Crippen LogP) is 4.09. The largest absolute Gasteiger partial charge is 0.307 e. The summed E-state index contributed by atoms with van der Waals surface area (Å²) >= 11 is 0. The number of nitriles is 1. The average molecular weight is 294 g/mol. The van der Waals surface area contributed by atoms with Crippen molar-refractivity contribution in [1.82, 2.24) is 4.57 Å². The van der Waals surface area contributed by atoms with E-state index in [0.717, 1.165) is 17.7 Å². The van der Waals surface area contributed by atoms with Gasteiger partial charge >= 0.3 is 0 Å². The standard InChI is InChI=1S/C19H22N2O/c1-5-12-21-17(11-8-15(13-20)18(21)22)14-6-9-16(10-7-14)19(2,3)4/h6-11H,5,12H2,1-4H3. The minimum absolute atomic E-state index is 0.103. The molecule has 3 nitrogen and oxygen atoms in total. The third kappa shape index (κ3) is 3.12. The Bertz CT molecular complexity index is 756. The van der Waals surface area contributed by atoms with Gasteiger partial charge in [0.1, 0.15) is 11.6 Å². The second-order valence-corrected chi connectivity index (χ2v) is 6.53. The normalized spacial score (nSPS) is 11.2. The van der Waals surface area contributed by atoms with Crippen molar-refractivity contribution in [3.05, 3.63) is 57.9 Å². The summed E-state index contributed by atoms with van der Waals surface area (Å²) in [5, 5.41) is 9.04. The number of rotatable bonds is 3. The van der Waals surface area contributed by atoms with Gasteiger partial charge < -0.3 is 4.57 Å². The van der Waals surface area contributed by atoms with E-state index in [4.69, 9.17) is 5.26 Å². The van der Waals surface area contributed by atoms with Gasteiger partial charge in [0.2, 0.25) is 0 Å². The third-order valence-corrected chi connectivity index (χ3v) is 3.79. The molecule has 114 valence electrons. The lowest BCUT2D eigenvalue weighted by molar-refractivity contribution is 0.590. The van der Waals surface area contributed by atoms with Gasteiger partial charge in [-0.05, 0) is 35.1 Å². The van der Waals surface area contributed by atoms with Gasteiger partial charge in [-0.25, -0.2) is 0 Å². The highest BCUT2D eigenvalue weighted by Gasteiger charge is 2.14. The summed E-state index contributed by atoms with van der Waals surface area (Å²) in [7, 11) is 0. The lowest BCUT2D eigenvalue weighted by Crippen LogP contribution is -2.24. The Hall–Kier alpha value is -2.34. The van der Waals surface area contributed by atoms with E-state index in [1.54, 1.807) is 10.6 Å². The second-order valence-electron chi connectivity index (χ2n) is 6.53. The molecule has 1 aromatic heterocycles. The molecule has 0 unspecified atom stereocenters. The van der Waals surface area contributed by atoms with Crippen LogP contribution in [0.4, 0.5) is 0 Å². The molecule has 0 saturated carbocycles. The zero-order valence-corrected chi connectivity index (χ0v) is 13.7. The van der Waals surface area contributed by atoms with Crippen molar-refractivity contribution in [2.24, 2.45) is 0 Å². The predicted molar refractivity (Wildman–Crippen MR) is 89.8 cm³/mol. The molecule has 0 spiro atoms. The Morgan fingerprint density at radius 2 is 1.73 bits per heavy atom. The first-order valence-electron chi connectivity index (χ1n) is 7.63. The van der Waals surface area contributed by atoms with Crippen LogP contribution in [0.1, 0.15) is 45.2 Å². The second kappa shape index (κ2) is 6.19. The molecule has 0 fully saturated rings. The van der Waals surface area contributed by atoms with Crippen molar-refractivity contribution in [2.75, 3.05) is 0 Å². The topological polar surface area (TPSA) is 45.8 Å². The van der Waals surface area contributed by atoms with Crippen LogP contribution in [0.2, 0.25) is 0 Å². The summed E-state index contributed by atoms with van der Waals surface area (Å²) in [5.41, 5.74) is 3.22. The fourth-order valence-electron chi connectivity index (χ4n) is 2.50. The summed E-state index contributed by atoms with van der Waals surface area (Å²) in [6, 6.07) is 13.8. The fraction of sp³-hybridized carbons (Fsp3) is 0.368. The van der Waals surface area contributed by atoms with Gasteiger partial charge in [0.25, 0.3) is 5.56 Å². The zero-order valence-electron chi connectivity index (χ0n) is 13.7. The van der Waals surface area contributed by atoms with Crippen LogP contribution in [-0.2, 0) is 12.0 Å². The maximum Gasteiger partial charge on any atom is 0.268 e. The fourth-order valence-corrected chi connectivity index (χ4v) is 2.50. The van der Waals surface area contributed by atoms with E-state index in [0.29, 0.717) is 6.54 Å². The van der Waals surface area contributed by atoms with Gasteiger partial charge in [0, 0.05) is 6.54 Å². The van der Waals surface area contributed by atoms with E-state index in [1.807, 2.05) is 31.2 Å². The SMILES string of the molecule is CCCn1c(-c2ccc(C(C)(C)C)cc2)ccc(C#N)c1=O. The van der Waals surface area contributed by atoms with Crippen molar-refractivity contribution >= 4 is 0 Å². The Morgan fingerprint density at radius 1 is 1.09 bits per heavy atom. The maximum atomic E-state index is 12.4. The molecule has 1 aromatic carbocycles. The molecular formula is C19H22N2O. The summed E-state index contributed by atoms with van der Waals surface area (Å²) in [6.45, 7) is 9.17. The number of hydrogen-bond donors (Lipinski definition) is 0. The maximum absolute atomic E-state index is 12.4. The number of pyridine rings is 1. The van der Waals surface area contributed by atoms with Gasteiger partial charge in [-0.3, -0.25) is 4.79 Å². The quantitative estimate of drug-likeness (QED) is 0.855. The molecule has 0 atom stereocenters. The van der Waals surface area contributed by atoms with Crippen LogP contribution >= 0.6 is 0 Å². The lowest BCUT2D eigenvalue weighted by Gasteiger charge is -2.20. The van der Waals surface area contributed by atoms with Gasteiger partial charge in [0.05, 0.1) is 5.69 Å². The first-order valence-corrected chi connectivity index (χ1v) is 7.63. The van der Waals surface area contributed by atoms with Crippen LogP contribution in [0, 0.1) is 11.3 Å². The molecule has 0 bridgehead atoms. The number of aromatic nitrogens is 1. The van der Waals surface area contributed by atoms with Crippen LogP contribution in [-0.4, -0.2) is 4.57 Å². The summed E-state index contributed by atoms with van der Waals surface area (Å²) in [6.07, 6.45) is 0.849. The molecule has 22 heavy (non-hydrogen) atoms. The molecule has 0 aliphatic rings. The summed E-state index contributed by atoms with van der Waals surface area (Å²) < 4.78 is 1.70. The van der Waals surface area contributed by atoms with Crippen molar-refractivity contribution in [3.8, 4) is 17.3 Å². The Kier molecular flexibility index (Phi) is 4.51. The highest BCUT2D eigenvalue weighted by molar-refractivity contribution is 5.61. The average Bonchev–Trinajstić information content (AvgIpc) is 2.49. The van der Waals surface area contributed by atoms with E-state index < -0.39 is 0 Å². The summed E-state index contributed by atoms with van der Waals surface area (Å²) in [5.74, 6) is 0. The molecule has 0 N–H and O–H groups in total. The third-order valence-electron chi connectivity index (χ3n) is 3.79. The molecular weight excluding hydrogens is 272 g/mol. The Morgan fingerprint density at radius 3 is 2.23 bits per heavy atom. The van der Waals surface area contributed by atoms with Crippen molar-refractivity contribution in [1.29, 1.82) is 5.26 Å². The van der Waals surface area contributed by atoms with Gasteiger partial charge in [-0.2, -0.15) is 5.26 Å². The number of benzene rings is 1. The molecule has 0 amide bonds. The van der Waals surface area contributed by atoms with Crippen LogP contribution in [0.3, 0.4) is 0 Å². The highest BCUT2D eigenvalue weighted by Crippen LogP contribution is 2.26. The highest BCUT2D eigenvalue weighted by atomic mass is 16.1. The Balaban J connectivity index is 2.55. The van der Waals surface area contributed by atoms with E-state index in [2.05, 4.69) is 32.9 Å². The van der Waals surface area contributed by atoms with Crippen molar-refractivity contribution in [3.63, 3.8) is 0 Å². The van der Waals surface area contributed by atoms with Crippen LogP contribution in [0.15, 0.2) is 41.2 Å². The zero-order chi connectivity index (χ0) is 16.3. The van der Waals surface area contributed by atoms with Gasteiger partial charge in [-0.1, -0.05) is 52.0 Å². The summed E-state index contributed by atoms with van der Waals surface area (Å²) in [4.78, 5) is 12.4. The Labute approximate surface area is 131 Å². The van der Waals surface area contributed by atoms with E-state index >= 15 is 0 Å². The van der Waals surface area contributed by atoms with Crippen LogP contribution < -0.4 is 5.56 Å². The first-order chi connectivity index (χ1) is 10.4. The molecule has 2 rings (SSSR count). The van der Waals surface area contributed by atoms with Crippen LogP contribution in [0.5, 0.6) is 0 Å². The lowest BCUT2D eigenvalue weighted by atomic mass is 9.86. The van der Waals surface area contributed by atoms with E-state index in [1.165, 1.54) is 5.56 Å². The van der Waals surface area contributed by atoms with Gasteiger partial charge in [0.15, 0.2) is 0 Å². The molecule has 0 aliphatic carbocycles. The van der Waals surface area contributed by atoms with Crippen molar-refractivity contribution < 1.29 is 0 Å². The minimum atomic E-state index is -0.207. The monoisotopic (exact) mass is 294 g/mol. The molecule has 3 heteroatoms. The number of nitrogens with zero attached hydrogens (tertiary/aromatic N) is 2. The number of hydrogen-bond acceptors (Lipinski definition) is 2.